The molecule has 0 spiro atoms. The van der Waals surface area contributed by atoms with Crippen molar-refractivity contribution in [3.8, 4) is 22.9 Å². The van der Waals surface area contributed by atoms with E-state index in [0.717, 1.165) is 17.5 Å². The van der Waals surface area contributed by atoms with Gasteiger partial charge in [-0.2, -0.15) is 0 Å². The largest absolute Gasteiger partial charge is 0.463 e. The number of unbranched alkanes of at least 4 members (excludes halogenated alkanes) is 5. The van der Waals surface area contributed by atoms with E-state index in [0.29, 0.717) is 18.4 Å². The van der Waals surface area contributed by atoms with E-state index in [1.807, 2.05) is 12.1 Å². The Morgan fingerprint density at radius 3 is 2.35 bits per heavy atom. The molecule has 7 heteroatoms. The summed E-state index contributed by atoms with van der Waals surface area (Å²) in [6, 6.07) is 7.57. The highest BCUT2D eigenvalue weighted by Gasteiger charge is 2.38. The van der Waals surface area contributed by atoms with Crippen molar-refractivity contribution < 1.29 is 23.7 Å². The molecule has 1 aromatic heterocycles. The molecule has 2 heterocycles. The average Bonchev–Trinajstić information content (AvgIpc) is 3.14. The molecule has 2 aromatic rings. The van der Waals surface area contributed by atoms with Crippen molar-refractivity contribution in [2.24, 2.45) is 0 Å². The van der Waals surface area contributed by atoms with Crippen LogP contribution in [0.2, 0.25) is 0 Å². The molecule has 0 saturated carbocycles. The number of hydrogen-bond donors (Lipinski definition) is 0. The molecule has 0 N–H and O–H groups in total. The number of nitrogens with zero attached hydrogens (tertiary/aromatic N) is 2. The van der Waals surface area contributed by atoms with Crippen LogP contribution in [0.3, 0.4) is 0 Å². The van der Waals surface area contributed by atoms with E-state index in [2.05, 4.69) is 16.9 Å². The molecule has 3 rings (SSSR count). The summed E-state index contributed by atoms with van der Waals surface area (Å²) in [5.41, 5.74) is 1.78. The summed E-state index contributed by atoms with van der Waals surface area (Å²) >= 11 is 0. The zero-order chi connectivity index (χ0) is 22.1. The molecule has 0 bridgehead atoms. The number of hydrogen-bond acceptors (Lipinski definition) is 7. The Hall–Kier alpha value is -2.51. The number of ether oxygens (including phenoxy) is 4. The number of carbonyl (C=O) groups excluding carboxylic acids is 1. The molecule has 0 aliphatic carbocycles. The van der Waals surface area contributed by atoms with Crippen LogP contribution in [0, 0.1) is 0 Å². The highest BCUT2D eigenvalue weighted by molar-refractivity contribution is 5.78. The van der Waals surface area contributed by atoms with E-state index >= 15 is 0 Å². The van der Waals surface area contributed by atoms with Crippen molar-refractivity contribution >= 4 is 5.97 Å². The Kier molecular flexibility index (Phi) is 8.37. The molecule has 1 fully saturated rings. The second-order valence-corrected chi connectivity index (χ2v) is 8.13. The fourth-order valence-electron chi connectivity index (χ4n) is 3.29. The maximum absolute atomic E-state index is 12.2. The maximum Gasteiger partial charge on any atom is 0.343 e. The number of benzene rings is 1. The summed E-state index contributed by atoms with van der Waals surface area (Å²) < 4.78 is 21.9. The van der Waals surface area contributed by atoms with Gasteiger partial charge in [-0.25, -0.2) is 14.8 Å². The van der Waals surface area contributed by atoms with Crippen molar-refractivity contribution in [3.05, 3.63) is 36.7 Å². The quantitative estimate of drug-likeness (QED) is 0.285. The summed E-state index contributed by atoms with van der Waals surface area (Å²) in [5, 5.41) is 0. The van der Waals surface area contributed by atoms with E-state index < -0.39 is 17.9 Å². The first kappa shape index (κ1) is 23.2. The predicted octanol–water partition coefficient (Wildman–Crippen LogP) is 4.94. The van der Waals surface area contributed by atoms with Crippen molar-refractivity contribution in [1.29, 1.82) is 0 Å². The van der Waals surface area contributed by atoms with Gasteiger partial charge < -0.3 is 18.9 Å². The van der Waals surface area contributed by atoms with Crippen molar-refractivity contribution in [2.45, 2.75) is 71.2 Å². The van der Waals surface area contributed by atoms with Crippen LogP contribution in [0.15, 0.2) is 36.7 Å². The van der Waals surface area contributed by atoms with Crippen LogP contribution in [0.25, 0.3) is 11.1 Å². The molecule has 0 radical (unpaired) electrons. The molecule has 0 amide bonds. The van der Waals surface area contributed by atoms with Crippen molar-refractivity contribution in [2.75, 3.05) is 13.2 Å². The third-order valence-electron chi connectivity index (χ3n) is 5.03. The summed E-state index contributed by atoms with van der Waals surface area (Å²) in [6.45, 7) is 6.58. The van der Waals surface area contributed by atoms with Crippen LogP contribution in [-0.2, 0) is 14.3 Å². The van der Waals surface area contributed by atoms with Gasteiger partial charge in [-0.3, -0.25) is 0 Å². The molecule has 1 aromatic carbocycles. The first-order chi connectivity index (χ1) is 15.0. The molecule has 0 unspecified atom stereocenters. The zero-order valence-corrected chi connectivity index (χ0v) is 18.6. The molecular formula is C24H32N2O5. The van der Waals surface area contributed by atoms with E-state index in [4.69, 9.17) is 18.9 Å². The molecule has 1 saturated heterocycles. The Bertz CT molecular complexity index is 821. The van der Waals surface area contributed by atoms with Crippen molar-refractivity contribution in [3.63, 3.8) is 0 Å². The lowest BCUT2D eigenvalue weighted by atomic mass is 10.1. The fraction of sp³-hybridized carbons (Fsp3) is 0.542. The number of rotatable bonds is 11. The van der Waals surface area contributed by atoms with Gasteiger partial charge in [0.05, 0.1) is 13.2 Å². The van der Waals surface area contributed by atoms with Gasteiger partial charge in [-0.15, -0.1) is 0 Å². The van der Waals surface area contributed by atoms with Gasteiger partial charge in [0.25, 0.3) is 0 Å². The van der Waals surface area contributed by atoms with Crippen LogP contribution in [0.1, 0.15) is 59.3 Å². The molecule has 168 valence electrons. The van der Waals surface area contributed by atoms with Crippen LogP contribution in [-0.4, -0.2) is 41.0 Å². The molecule has 31 heavy (non-hydrogen) atoms. The van der Waals surface area contributed by atoms with E-state index in [1.165, 1.54) is 32.1 Å². The number of aromatic nitrogens is 2. The Labute approximate surface area is 184 Å². The monoisotopic (exact) mass is 428 g/mol. The second-order valence-electron chi connectivity index (χ2n) is 8.13. The Morgan fingerprint density at radius 2 is 1.71 bits per heavy atom. The summed E-state index contributed by atoms with van der Waals surface area (Å²) in [5.74, 6) is -0.784. The lowest BCUT2D eigenvalue weighted by Crippen LogP contribution is -2.30. The standard InChI is InChI=1S/C24H32N2O5/c1-4-5-6-7-8-9-14-28-23-25-15-19(16-26-23)18-10-12-20(13-11-18)30-22(27)21-17-29-24(2,3)31-21/h10-13,15-16,21H,4-9,14,17H2,1-3H3/t21-/m1/s1. The minimum absolute atomic E-state index is 0.189. The van der Waals surface area contributed by atoms with Gasteiger partial charge in [-0.05, 0) is 38.0 Å². The van der Waals surface area contributed by atoms with Crippen LogP contribution < -0.4 is 9.47 Å². The van der Waals surface area contributed by atoms with E-state index in [9.17, 15) is 4.79 Å². The lowest BCUT2D eigenvalue weighted by Gasteiger charge is -2.16. The summed E-state index contributed by atoms with van der Waals surface area (Å²) in [6.07, 6.45) is 10.0. The number of esters is 1. The van der Waals surface area contributed by atoms with Crippen LogP contribution in [0.5, 0.6) is 11.8 Å². The third kappa shape index (κ3) is 7.29. The average molecular weight is 429 g/mol. The van der Waals surface area contributed by atoms with Crippen molar-refractivity contribution in [1.82, 2.24) is 9.97 Å². The zero-order valence-electron chi connectivity index (χ0n) is 18.6. The van der Waals surface area contributed by atoms with E-state index in [-0.39, 0.29) is 6.61 Å². The topological polar surface area (TPSA) is 79.8 Å². The fourth-order valence-corrected chi connectivity index (χ4v) is 3.29. The molecule has 1 aliphatic rings. The van der Waals surface area contributed by atoms with Gasteiger partial charge in [0.1, 0.15) is 5.75 Å². The van der Waals surface area contributed by atoms with Gasteiger partial charge in [0, 0.05) is 18.0 Å². The minimum Gasteiger partial charge on any atom is -0.463 e. The smallest absolute Gasteiger partial charge is 0.343 e. The summed E-state index contributed by atoms with van der Waals surface area (Å²) in [7, 11) is 0. The highest BCUT2D eigenvalue weighted by Crippen LogP contribution is 2.25. The Morgan fingerprint density at radius 1 is 1.03 bits per heavy atom. The maximum atomic E-state index is 12.2. The molecule has 1 atom stereocenters. The van der Waals surface area contributed by atoms with Gasteiger partial charge in [0.15, 0.2) is 11.9 Å². The minimum atomic E-state index is -0.766. The van der Waals surface area contributed by atoms with Gasteiger partial charge in [0.2, 0.25) is 0 Å². The van der Waals surface area contributed by atoms with E-state index in [1.54, 1.807) is 38.4 Å². The third-order valence-corrected chi connectivity index (χ3v) is 5.03. The predicted molar refractivity (Wildman–Crippen MR) is 117 cm³/mol. The first-order valence-corrected chi connectivity index (χ1v) is 11.1. The normalized spacial score (nSPS) is 17.5. The SMILES string of the molecule is CCCCCCCCOc1ncc(-c2ccc(OC(=O)[C@H]3COC(C)(C)O3)cc2)cn1. The first-order valence-electron chi connectivity index (χ1n) is 11.1. The second kappa shape index (κ2) is 11.2. The van der Waals surface area contributed by atoms with Gasteiger partial charge >= 0.3 is 12.0 Å². The molecule has 7 nitrogen and oxygen atoms in total. The van der Waals surface area contributed by atoms with Crippen LogP contribution in [0.4, 0.5) is 0 Å². The Balaban J connectivity index is 1.44. The highest BCUT2D eigenvalue weighted by atomic mass is 16.8. The summed E-state index contributed by atoms with van der Waals surface area (Å²) in [4.78, 5) is 20.8. The molecular weight excluding hydrogens is 396 g/mol. The molecule has 1 aliphatic heterocycles. The van der Waals surface area contributed by atoms with Gasteiger partial charge in [-0.1, -0.05) is 51.2 Å². The lowest BCUT2D eigenvalue weighted by molar-refractivity contribution is -0.162. The number of carbonyl (C=O) groups is 1. The van der Waals surface area contributed by atoms with Crippen LogP contribution >= 0.6 is 0 Å².